The van der Waals surface area contributed by atoms with Crippen LogP contribution in [0.5, 0.6) is 0 Å². The van der Waals surface area contributed by atoms with Crippen molar-refractivity contribution in [2.75, 3.05) is 0 Å². The SMILES string of the molecule is C[Si](C)(C)CC(c1ccccc1)c1ccccc1. The Hall–Kier alpha value is -1.34. The predicted molar refractivity (Wildman–Crippen MR) is 82.9 cm³/mol. The monoisotopic (exact) mass is 254 g/mol. The van der Waals surface area contributed by atoms with Gasteiger partial charge in [0, 0.05) is 14.0 Å². The second-order valence-corrected chi connectivity index (χ2v) is 11.7. The summed E-state index contributed by atoms with van der Waals surface area (Å²) in [4.78, 5) is 0. The Morgan fingerprint density at radius 2 is 1.11 bits per heavy atom. The van der Waals surface area contributed by atoms with E-state index in [1.54, 1.807) is 0 Å². The van der Waals surface area contributed by atoms with Crippen molar-refractivity contribution in [3.05, 3.63) is 71.8 Å². The lowest BCUT2D eigenvalue weighted by Gasteiger charge is -2.25. The summed E-state index contributed by atoms with van der Waals surface area (Å²) in [7, 11) is -1.09. The maximum Gasteiger partial charge on any atom is 0.0452 e. The van der Waals surface area contributed by atoms with Crippen LogP contribution in [0, 0.1) is 0 Å². The van der Waals surface area contributed by atoms with Crippen LogP contribution in [0.3, 0.4) is 0 Å². The van der Waals surface area contributed by atoms with Crippen LogP contribution in [-0.2, 0) is 0 Å². The van der Waals surface area contributed by atoms with E-state index < -0.39 is 8.07 Å². The predicted octanol–water partition coefficient (Wildman–Crippen LogP) is 5.16. The topological polar surface area (TPSA) is 0 Å². The van der Waals surface area contributed by atoms with Crippen LogP contribution >= 0.6 is 0 Å². The lowest BCUT2D eigenvalue weighted by molar-refractivity contribution is 0.898. The van der Waals surface area contributed by atoms with Crippen molar-refractivity contribution in [2.24, 2.45) is 0 Å². The van der Waals surface area contributed by atoms with Gasteiger partial charge < -0.3 is 0 Å². The maximum absolute atomic E-state index is 2.45. The zero-order chi connectivity index (χ0) is 13.0. The Morgan fingerprint density at radius 1 is 0.722 bits per heavy atom. The number of benzene rings is 2. The third-order valence-corrected chi connectivity index (χ3v) is 4.85. The van der Waals surface area contributed by atoms with E-state index in [-0.39, 0.29) is 0 Å². The zero-order valence-electron chi connectivity index (χ0n) is 11.6. The molecule has 0 aliphatic carbocycles. The molecule has 0 amide bonds. The summed E-state index contributed by atoms with van der Waals surface area (Å²) in [5.74, 6) is 0.555. The van der Waals surface area contributed by atoms with Gasteiger partial charge in [0.05, 0.1) is 0 Å². The maximum atomic E-state index is 2.45. The van der Waals surface area contributed by atoms with Crippen molar-refractivity contribution in [3.8, 4) is 0 Å². The summed E-state index contributed by atoms with van der Waals surface area (Å²) in [5.41, 5.74) is 2.90. The van der Waals surface area contributed by atoms with Gasteiger partial charge in [-0.05, 0) is 17.2 Å². The summed E-state index contributed by atoms with van der Waals surface area (Å²) in [6.07, 6.45) is 0. The van der Waals surface area contributed by atoms with Crippen LogP contribution in [0.15, 0.2) is 60.7 Å². The molecular weight excluding hydrogens is 232 g/mol. The van der Waals surface area contributed by atoms with E-state index in [4.69, 9.17) is 0 Å². The zero-order valence-corrected chi connectivity index (χ0v) is 12.6. The van der Waals surface area contributed by atoms with Gasteiger partial charge in [-0.15, -0.1) is 0 Å². The molecule has 0 unspecified atom stereocenters. The summed E-state index contributed by atoms with van der Waals surface area (Å²) >= 11 is 0. The van der Waals surface area contributed by atoms with Gasteiger partial charge >= 0.3 is 0 Å². The Balaban J connectivity index is 2.36. The van der Waals surface area contributed by atoms with Gasteiger partial charge in [-0.1, -0.05) is 80.3 Å². The standard InChI is InChI=1S/C17H22Si/c1-18(2,3)14-17(15-10-6-4-7-11-15)16-12-8-5-9-13-16/h4-13,17H,14H2,1-3H3. The first-order chi connectivity index (χ1) is 8.56. The normalized spacial score (nSPS) is 11.8. The molecule has 1 heteroatoms. The molecule has 0 bridgehead atoms. The lowest BCUT2D eigenvalue weighted by Crippen LogP contribution is -2.23. The van der Waals surface area contributed by atoms with Crippen molar-refractivity contribution in [1.29, 1.82) is 0 Å². The molecule has 0 aliphatic heterocycles. The van der Waals surface area contributed by atoms with Crippen LogP contribution in [0.1, 0.15) is 17.0 Å². The molecule has 0 spiro atoms. The van der Waals surface area contributed by atoms with E-state index >= 15 is 0 Å². The van der Waals surface area contributed by atoms with Crippen LogP contribution in [0.25, 0.3) is 0 Å². The van der Waals surface area contributed by atoms with E-state index in [2.05, 4.69) is 80.3 Å². The Labute approximate surface area is 112 Å². The first-order valence-corrected chi connectivity index (χ1v) is 10.4. The van der Waals surface area contributed by atoms with Crippen molar-refractivity contribution >= 4 is 8.07 Å². The quantitative estimate of drug-likeness (QED) is 0.661. The molecule has 18 heavy (non-hydrogen) atoms. The molecule has 2 aromatic carbocycles. The molecule has 0 saturated heterocycles. The van der Waals surface area contributed by atoms with Crippen molar-refractivity contribution < 1.29 is 0 Å². The van der Waals surface area contributed by atoms with Gasteiger partial charge in [-0.25, -0.2) is 0 Å². The molecule has 0 aromatic heterocycles. The molecule has 0 atom stereocenters. The molecule has 94 valence electrons. The Morgan fingerprint density at radius 3 is 1.44 bits per heavy atom. The highest BCUT2D eigenvalue weighted by Gasteiger charge is 2.22. The summed E-state index contributed by atoms with van der Waals surface area (Å²) in [5, 5.41) is 0. The van der Waals surface area contributed by atoms with E-state index in [9.17, 15) is 0 Å². The van der Waals surface area contributed by atoms with Gasteiger partial charge in [-0.2, -0.15) is 0 Å². The van der Waals surface area contributed by atoms with Gasteiger partial charge in [0.25, 0.3) is 0 Å². The molecule has 0 nitrogen and oxygen atoms in total. The molecule has 2 aromatic rings. The molecule has 0 saturated carbocycles. The average Bonchev–Trinajstić information content (AvgIpc) is 2.37. The number of hydrogen-bond acceptors (Lipinski definition) is 0. The summed E-state index contributed by atoms with van der Waals surface area (Å²) in [6, 6.07) is 23.1. The van der Waals surface area contributed by atoms with Crippen LogP contribution in [-0.4, -0.2) is 8.07 Å². The van der Waals surface area contributed by atoms with Gasteiger partial charge in [0.15, 0.2) is 0 Å². The van der Waals surface area contributed by atoms with Gasteiger partial charge in [-0.3, -0.25) is 0 Å². The lowest BCUT2D eigenvalue weighted by atomic mass is 9.93. The van der Waals surface area contributed by atoms with Crippen molar-refractivity contribution in [2.45, 2.75) is 31.6 Å². The van der Waals surface area contributed by atoms with Crippen molar-refractivity contribution in [1.82, 2.24) is 0 Å². The summed E-state index contributed by atoms with van der Waals surface area (Å²) in [6.45, 7) is 7.35. The highest BCUT2D eigenvalue weighted by molar-refractivity contribution is 6.76. The first kappa shape index (κ1) is 13.1. The molecule has 0 aliphatic rings. The molecular formula is C17H22Si. The highest BCUT2D eigenvalue weighted by Crippen LogP contribution is 2.32. The Kier molecular flexibility index (Phi) is 4.03. The van der Waals surface area contributed by atoms with Crippen molar-refractivity contribution in [3.63, 3.8) is 0 Å². The molecule has 0 heterocycles. The summed E-state index contributed by atoms with van der Waals surface area (Å²) < 4.78 is 0. The minimum Gasteiger partial charge on any atom is -0.0695 e. The third-order valence-electron chi connectivity index (χ3n) is 3.22. The average molecular weight is 254 g/mol. The van der Waals surface area contributed by atoms with E-state index in [1.807, 2.05) is 0 Å². The van der Waals surface area contributed by atoms with Crippen LogP contribution < -0.4 is 0 Å². The fourth-order valence-electron chi connectivity index (χ4n) is 2.41. The highest BCUT2D eigenvalue weighted by atomic mass is 28.3. The van der Waals surface area contributed by atoms with E-state index in [0.717, 1.165) is 0 Å². The second-order valence-electron chi connectivity index (χ2n) is 6.14. The van der Waals surface area contributed by atoms with Gasteiger partial charge in [0.2, 0.25) is 0 Å². The minimum absolute atomic E-state index is 0.555. The number of hydrogen-bond donors (Lipinski definition) is 0. The molecule has 2 rings (SSSR count). The largest absolute Gasteiger partial charge is 0.0695 e. The number of rotatable bonds is 4. The Bertz CT molecular complexity index is 428. The third kappa shape index (κ3) is 3.57. The smallest absolute Gasteiger partial charge is 0.0452 e. The minimum atomic E-state index is -1.09. The molecule has 0 N–H and O–H groups in total. The van der Waals surface area contributed by atoms with Crippen LogP contribution in [0.4, 0.5) is 0 Å². The first-order valence-electron chi connectivity index (χ1n) is 6.66. The second kappa shape index (κ2) is 5.53. The van der Waals surface area contributed by atoms with Crippen LogP contribution in [0.2, 0.25) is 25.7 Å². The van der Waals surface area contributed by atoms with E-state index in [1.165, 1.54) is 17.2 Å². The van der Waals surface area contributed by atoms with E-state index in [0.29, 0.717) is 5.92 Å². The molecule has 0 fully saturated rings. The molecule has 0 radical (unpaired) electrons. The fourth-order valence-corrected chi connectivity index (χ4v) is 4.11. The fraction of sp³-hybridized carbons (Fsp3) is 0.294. The van der Waals surface area contributed by atoms with Gasteiger partial charge in [0.1, 0.15) is 0 Å².